The molecule has 6 nitrogen and oxygen atoms in total. The van der Waals surface area contributed by atoms with Gasteiger partial charge in [-0.25, -0.2) is 9.38 Å². The molecule has 0 aliphatic heterocycles. The third-order valence-corrected chi connectivity index (χ3v) is 3.76. The molecule has 1 aromatic rings. The van der Waals surface area contributed by atoms with Gasteiger partial charge in [-0.1, -0.05) is 0 Å². The maximum absolute atomic E-state index is 13.9. The first kappa shape index (κ1) is 24.1. The van der Waals surface area contributed by atoms with Gasteiger partial charge in [0.1, 0.15) is 5.82 Å². The molecular weight excluding hydrogens is 448 g/mol. The first-order valence-corrected chi connectivity index (χ1v) is 8.42. The predicted octanol–water partition coefficient (Wildman–Crippen LogP) is 2.58. The smallest absolute Gasteiger partial charge is 0.242 e. The van der Waals surface area contributed by atoms with Crippen molar-refractivity contribution in [3.63, 3.8) is 0 Å². The van der Waals surface area contributed by atoms with E-state index in [2.05, 4.69) is 10.3 Å². The quantitative estimate of drug-likeness (QED) is 0.374. The Morgan fingerprint density at radius 1 is 1.31 bits per heavy atom. The number of amides is 1. The predicted molar refractivity (Wildman–Crippen MR) is 112 cm³/mol. The Hall–Kier alpha value is -1.89. The summed E-state index contributed by atoms with van der Waals surface area (Å²) >= 11 is 0. The first-order valence-electron chi connectivity index (χ1n) is 8.42. The second-order valence-electron chi connectivity index (χ2n) is 5.51. The van der Waals surface area contributed by atoms with Crippen LogP contribution in [0.1, 0.15) is 31.9 Å². The van der Waals surface area contributed by atoms with Crippen molar-refractivity contribution in [3.05, 3.63) is 35.1 Å². The van der Waals surface area contributed by atoms with Crippen LogP contribution >= 0.6 is 24.0 Å². The minimum atomic E-state index is -0.402. The summed E-state index contributed by atoms with van der Waals surface area (Å²) in [6.07, 6.45) is 0. The molecule has 0 saturated heterocycles. The minimum Gasteiger partial charge on any atom is -0.357 e. The van der Waals surface area contributed by atoms with E-state index < -0.39 is 5.82 Å². The summed E-state index contributed by atoms with van der Waals surface area (Å²) in [6.45, 7) is 8.01. The van der Waals surface area contributed by atoms with E-state index in [1.54, 1.807) is 16.8 Å². The second kappa shape index (κ2) is 12.5. The van der Waals surface area contributed by atoms with Crippen LogP contribution in [-0.4, -0.2) is 54.9 Å². The van der Waals surface area contributed by atoms with Crippen LogP contribution in [-0.2, 0) is 11.3 Å². The summed E-state index contributed by atoms with van der Waals surface area (Å²) < 4.78 is 13.9. The van der Waals surface area contributed by atoms with Gasteiger partial charge in [0, 0.05) is 32.2 Å². The Balaban J connectivity index is 0.00000625. The Morgan fingerprint density at radius 3 is 2.50 bits per heavy atom. The van der Waals surface area contributed by atoms with E-state index in [1.807, 2.05) is 26.8 Å². The molecule has 0 atom stereocenters. The third kappa shape index (κ3) is 7.15. The van der Waals surface area contributed by atoms with Crippen LogP contribution in [0, 0.1) is 17.1 Å². The highest BCUT2D eigenvalue weighted by Gasteiger charge is 2.15. The van der Waals surface area contributed by atoms with Crippen LogP contribution in [0.15, 0.2) is 23.2 Å². The van der Waals surface area contributed by atoms with Crippen LogP contribution in [0.4, 0.5) is 4.39 Å². The fourth-order valence-corrected chi connectivity index (χ4v) is 2.35. The lowest BCUT2D eigenvalue weighted by Gasteiger charge is -2.25. The van der Waals surface area contributed by atoms with E-state index in [4.69, 9.17) is 5.26 Å². The maximum Gasteiger partial charge on any atom is 0.242 e. The molecule has 0 radical (unpaired) electrons. The molecule has 8 heteroatoms. The van der Waals surface area contributed by atoms with Crippen molar-refractivity contribution in [2.24, 2.45) is 4.99 Å². The van der Waals surface area contributed by atoms with Crippen molar-refractivity contribution in [1.29, 1.82) is 5.26 Å². The summed E-state index contributed by atoms with van der Waals surface area (Å²) in [4.78, 5) is 20.1. The molecular formula is C18H27FIN5O. The highest BCUT2D eigenvalue weighted by Crippen LogP contribution is 2.11. The van der Waals surface area contributed by atoms with Gasteiger partial charge in [-0.05, 0) is 39.0 Å². The van der Waals surface area contributed by atoms with Crippen LogP contribution in [0.3, 0.4) is 0 Å². The SMILES string of the molecule is CCNC(=NCc1cc(C#N)ccc1F)N(C)CC(=O)N(CC)CC.I. The summed E-state index contributed by atoms with van der Waals surface area (Å²) in [6, 6.07) is 6.18. The molecule has 0 bridgehead atoms. The van der Waals surface area contributed by atoms with Crippen LogP contribution in [0.25, 0.3) is 0 Å². The van der Waals surface area contributed by atoms with Crippen molar-refractivity contribution in [2.75, 3.05) is 33.2 Å². The van der Waals surface area contributed by atoms with Gasteiger partial charge in [0.15, 0.2) is 5.96 Å². The van der Waals surface area contributed by atoms with Gasteiger partial charge < -0.3 is 15.1 Å². The monoisotopic (exact) mass is 475 g/mol. The van der Waals surface area contributed by atoms with E-state index in [0.29, 0.717) is 36.7 Å². The summed E-state index contributed by atoms with van der Waals surface area (Å²) in [5.41, 5.74) is 0.736. The zero-order valence-corrected chi connectivity index (χ0v) is 18.1. The van der Waals surface area contributed by atoms with Gasteiger partial charge >= 0.3 is 0 Å². The van der Waals surface area contributed by atoms with E-state index in [9.17, 15) is 9.18 Å². The molecule has 0 aliphatic carbocycles. The zero-order valence-electron chi connectivity index (χ0n) is 15.8. The summed E-state index contributed by atoms with van der Waals surface area (Å²) in [5, 5.41) is 12.0. The fraction of sp³-hybridized carbons (Fsp3) is 0.500. The van der Waals surface area contributed by atoms with E-state index in [0.717, 1.165) is 0 Å². The van der Waals surface area contributed by atoms with Crippen LogP contribution in [0.2, 0.25) is 0 Å². The summed E-state index contributed by atoms with van der Waals surface area (Å²) in [7, 11) is 1.77. The lowest BCUT2D eigenvalue weighted by atomic mass is 10.1. The Kier molecular flexibility index (Phi) is 11.6. The molecule has 26 heavy (non-hydrogen) atoms. The number of guanidine groups is 1. The zero-order chi connectivity index (χ0) is 18.8. The molecule has 0 heterocycles. The van der Waals surface area contributed by atoms with Crippen LogP contribution < -0.4 is 5.32 Å². The average Bonchev–Trinajstić information content (AvgIpc) is 2.60. The van der Waals surface area contributed by atoms with Crippen molar-refractivity contribution in [1.82, 2.24) is 15.1 Å². The number of carbonyl (C=O) groups is 1. The molecule has 0 aromatic heterocycles. The van der Waals surface area contributed by atoms with Gasteiger partial charge in [0.05, 0.1) is 24.7 Å². The molecule has 144 valence electrons. The van der Waals surface area contributed by atoms with Gasteiger partial charge in [0.2, 0.25) is 5.91 Å². The highest BCUT2D eigenvalue weighted by molar-refractivity contribution is 14.0. The van der Waals surface area contributed by atoms with Gasteiger partial charge in [0.25, 0.3) is 0 Å². The molecule has 0 unspecified atom stereocenters. The molecule has 0 saturated carbocycles. The Labute approximate surface area is 172 Å². The number of halogens is 2. The normalized spacial score (nSPS) is 10.5. The number of nitrogens with zero attached hydrogens (tertiary/aromatic N) is 4. The lowest BCUT2D eigenvalue weighted by Crippen LogP contribution is -2.45. The lowest BCUT2D eigenvalue weighted by molar-refractivity contribution is -0.131. The second-order valence-corrected chi connectivity index (χ2v) is 5.51. The van der Waals surface area contributed by atoms with Crippen molar-refractivity contribution >= 4 is 35.8 Å². The van der Waals surface area contributed by atoms with Gasteiger partial charge in [-0.3, -0.25) is 4.79 Å². The van der Waals surface area contributed by atoms with Crippen molar-refractivity contribution in [2.45, 2.75) is 27.3 Å². The topological polar surface area (TPSA) is 71.7 Å². The molecule has 0 spiro atoms. The molecule has 1 N–H and O–H groups in total. The number of nitriles is 1. The van der Waals surface area contributed by atoms with E-state index >= 15 is 0 Å². The number of likely N-dealkylation sites (N-methyl/N-ethyl adjacent to an activating group) is 2. The number of carbonyl (C=O) groups excluding carboxylic acids is 1. The molecule has 1 amide bonds. The minimum absolute atomic E-state index is 0. The fourth-order valence-electron chi connectivity index (χ4n) is 2.35. The molecule has 0 aliphatic rings. The number of rotatable bonds is 7. The van der Waals surface area contributed by atoms with Crippen LogP contribution in [0.5, 0.6) is 0 Å². The van der Waals surface area contributed by atoms with Gasteiger partial charge in [-0.15, -0.1) is 24.0 Å². The van der Waals surface area contributed by atoms with E-state index in [1.165, 1.54) is 18.2 Å². The number of nitrogens with one attached hydrogen (secondary N) is 1. The number of hydrogen-bond acceptors (Lipinski definition) is 3. The van der Waals surface area contributed by atoms with Crippen molar-refractivity contribution < 1.29 is 9.18 Å². The molecule has 1 rings (SSSR count). The molecule has 0 fully saturated rings. The molecule has 1 aromatic carbocycles. The highest BCUT2D eigenvalue weighted by atomic mass is 127. The summed E-state index contributed by atoms with van der Waals surface area (Å²) in [5.74, 6) is 0.126. The number of aliphatic imine (C=N–C) groups is 1. The van der Waals surface area contributed by atoms with Crippen molar-refractivity contribution in [3.8, 4) is 6.07 Å². The average molecular weight is 475 g/mol. The van der Waals surface area contributed by atoms with Gasteiger partial charge in [-0.2, -0.15) is 5.26 Å². The Bertz CT molecular complexity index is 655. The third-order valence-electron chi connectivity index (χ3n) is 3.76. The Morgan fingerprint density at radius 2 is 1.96 bits per heavy atom. The first-order chi connectivity index (χ1) is 12.0. The largest absolute Gasteiger partial charge is 0.357 e. The number of hydrogen-bond donors (Lipinski definition) is 1. The standard InChI is InChI=1S/C18H26FN5O.HI/c1-5-21-18(23(4)13-17(25)24(6-2)7-3)22-12-15-10-14(11-20)8-9-16(15)19;/h8-10H,5-7,12-13H2,1-4H3,(H,21,22);1H. The van der Waals surface area contributed by atoms with E-state index in [-0.39, 0.29) is 43.0 Å². The number of benzene rings is 1. The maximum atomic E-state index is 13.9.